The molecule has 0 saturated heterocycles. The van der Waals surface area contributed by atoms with Gasteiger partial charge in [0.25, 0.3) is 0 Å². The first kappa shape index (κ1) is 13.7. The number of rotatable bonds is 4. The van der Waals surface area contributed by atoms with Crippen LogP contribution in [0.5, 0.6) is 17.4 Å². The second-order valence-electron chi connectivity index (χ2n) is 4.00. The first-order valence-electron chi connectivity index (χ1n) is 5.61. The third-order valence-corrected chi connectivity index (χ3v) is 2.81. The summed E-state index contributed by atoms with van der Waals surface area (Å²) in [4.78, 5) is 10.5. The monoisotopic (exact) mass is 279 g/mol. The molecule has 0 spiro atoms. The van der Waals surface area contributed by atoms with Crippen molar-refractivity contribution in [3.8, 4) is 28.6 Å². The topological polar surface area (TPSA) is 99.7 Å². The van der Waals surface area contributed by atoms with Gasteiger partial charge in [-0.1, -0.05) is 0 Å². The lowest BCUT2D eigenvalue weighted by Crippen LogP contribution is -1.98. The molecule has 0 saturated carbocycles. The van der Waals surface area contributed by atoms with Gasteiger partial charge in [-0.3, -0.25) is 10.1 Å². The van der Waals surface area contributed by atoms with Gasteiger partial charge in [0.1, 0.15) is 0 Å². The Morgan fingerprint density at radius 3 is 2.45 bits per heavy atom. The zero-order chi connectivity index (χ0) is 14.9. The zero-order valence-electron chi connectivity index (χ0n) is 11.2. The van der Waals surface area contributed by atoms with Crippen molar-refractivity contribution in [1.82, 2.24) is 9.78 Å². The molecule has 8 heteroatoms. The number of nitro benzene ring substituents is 1. The fourth-order valence-electron chi connectivity index (χ4n) is 1.83. The summed E-state index contributed by atoms with van der Waals surface area (Å²) in [6.07, 6.45) is 0. The lowest BCUT2D eigenvalue weighted by atomic mass is 10.1. The predicted molar refractivity (Wildman–Crippen MR) is 70.1 cm³/mol. The minimum atomic E-state index is -0.562. The lowest BCUT2D eigenvalue weighted by molar-refractivity contribution is -0.385. The third kappa shape index (κ3) is 2.22. The Morgan fingerprint density at radius 2 is 2.00 bits per heavy atom. The molecule has 2 aromatic rings. The van der Waals surface area contributed by atoms with Crippen LogP contribution in [-0.4, -0.2) is 34.0 Å². The SMILES string of the molecule is COc1cc(-c2cc(O)n(C)n2)cc([N+](=O)[O-])c1OC. The molecule has 0 fully saturated rings. The molecule has 2 rings (SSSR count). The molecular weight excluding hydrogens is 266 g/mol. The normalized spacial score (nSPS) is 10.3. The van der Waals surface area contributed by atoms with E-state index in [4.69, 9.17) is 9.47 Å². The van der Waals surface area contributed by atoms with Gasteiger partial charge in [0, 0.05) is 24.7 Å². The Labute approximate surface area is 114 Å². The molecular formula is C12H13N3O5. The van der Waals surface area contributed by atoms with Crippen LogP contribution >= 0.6 is 0 Å². The third-order valence-electron chi connectivity index (χ3n) is 2.81. The number of ether oxygens (including phenoxy) is 2. The second-order valence-corrected chi connectivity index (χ2v) is 4.00. The van der Waals surface area contributed by atoms with E-state index < -0.39 is 4.92 Å². The summed E-state index contributed by atoms with van der Waals surface area (Å²) in [5, 5.41) is 24.7. The van der Waals surface area contributed by atoms with Gasteiger partial charge >= 0.3 is 5.69 Å². The molecule has 106 valence electrons. The van der Waals surface area contributed by atoms with Crippen molar-refractivity contribution in [3.63, 3.8) is 0 Å². The van der Waals surface area contributed by atoms with Crippen molar-refractivity contribution in [1.29, 1.82) is 0 Å². The lowest BCUT2D eigenvalue weighted by Gasteiger charge is -2.09. The van der Waals surface area contributed by atoms with E-state index in [0.29, 0.717) is 11.3 Å². The average Bonchev–Trinajstić information content (AvgIpc) is 2.76. The van der Waals surface area contributed by atoms with Crippen LogP contribution in [0.4, 0.5) is 5.69 Å². The number of nitrogens with zero attached hydrogens (tertiary/aromatic N) is 3. The number of aromatic hydroxyl groups is 1. The molecule has 1 aromatic carbocycles. The van der Waals surface area contributed by atoms with Gasteiger partial charge in [-0.05, 0) is 6.07 Å². The number of nitro groups is 1. The maximum absolute atomic E-state index is 11.1. The van der Waals surface area contributed by atoms with Crippen LogP contribution in [0, 0.1) is 10.1 Å². The molecule has 1 heterocycles. The summed E-state index contributed by atoms with van der Waals surface area (Å²) in [5.74, 6) is 0.223. The fourth-order valence-corrected chi connectivity index (χ4v) is 1.83. The Bertz CT molecular complexity index is 646. The number of aryl methyl sites for hydroxylation is 1. The highest BCUT2D eigenvalue weighted by Gasteiger charge is 2.23. The molecule has 0 radical (unpaired) electrons. The number of hydrogen-bond donors (Lipinski definition) is 1. The maximum Gasteiger partial charge on any atom is 0.315 e. The maximum atomic E-state index is 11.1. The van der Waals surface area contributed by atoms with Gasteiger partial charge in [-0.15, -0.1) is 0 Å². The van der Waals surface area contributed by atoms with Crippen molar-refractivity contribution in [2.24, 2.45) is 7.05 Å². The standard InChI is InChI=1S/C12H13N3O5/c1-14-11(16)6-8(13-14)7-4-9(15(17)18)12(20-3)10(5-7)19-2/h4-6,16H,1-3H3. The van der Waals surface area contributed by atoms with Crippen LogP contribution in [0.15, 0.2) is 18.2 Å². The molecule has 8 nitrogen and oxygen atoms in total. The van der Waals surface area contributed by atoms with Gasteiger partial charge < -0.3 is 14.6 Å². The minimum Gasteiger partial charge on any atom is -0.493 e. The number of methoxy groups -OCH3 is 2. The molecule has 1 N–H and O–H groups in total. The van der Waals surface area contributed by atoms with Crippen LogP contribution < -0.4 is 9.47 Å². The van der Waals surface area contributed by atoms with Gasteiger partial charge in [0.2, 0.25) is 11.6 Å². The quantitative estimate of drug-likeness (QED) is 0.675. The summed E-state index contributed by atoms with van der Waals surface area (Å²) in [6.45, 7) is 0. The first-order chi connectivity index (χ1) is 9.47. The smallest absolute Gasteiger partial charge is 0.315 e. The first-order valence-corrected chi connectivity index (χ1v) is 5.61. The molecule has 1 aromatic heterocycles. The van der Waals surface area contributed by atoms with E-state index >= 15 is 0 Å². The largest absolute Gasteiger partial charge is 0.493 e. The fraction of sp³-hybridized carbons (Fsp3) is 0.250. The molecule has 0 aliphatic heterocycles. The molecule has 0 aliphatic carbocycles. The zero-order valence-corrected chi connectivity index (χ0v) is 11.2. The minimum absolute atomic E-state index is 0.0430. The molecule has 0 bridgehead atoms. The van der Waals surface area contributed by atoms with E-state index in [1.165, 1.54) is 31.0 Å². The van der Waals surface area contributed by atoms with Crippen molar-refractivity contribution >= 4 is 5.69 Å². The van der Waals surface area contributed by atoms with Gasteiger partial charge in [0.15, 0.2) is 5.75 Å². The Hall–Kier alpha value is -2.77. The molecule has 0 atom stereocenters. The summed E-state index contributed by atoms with van der Waals surface area (Å²) >= 11 is 0. The Balaban J connectivity index is 2.66. The number of hydrogen-bond acceptors (Lipinski definition) is 6. The second kappa shape index (κ2) is 5.08. The van der Waals surface area contributed by atoms with Crippen LogP contribution in [-0.2, 0) is 7.05 Å². The van der Waals surface area contributed by atoms with E-state index in [1.807, 2.05) is 0 Å². The van der Waals surface area contributed by atoms with E-state index in [0.717, 1.165) is 0 Å². The molecule has 20 heavy (non-hydrogen) atoms. The molecule has 0 amide bonds. The van der Waals surface area contributed by atoms with Crippen molar-refractivity contribution in [2.45, 2.75) is 0 Å². The summed E-state index contributed by atoms with van der Waals surface area (Å²) < 4.78 is 11.4. The van der Waals surface area contributed by atoms with E-state index in [-0.39, 0.29) is 23.1 Å². The van der Waals surface area contributed by atoms with Crippen molar-refractivity contribution < 1.29 is 19.5 Å². The van der Waals surface area contributed by atoms with Gasteiger partial charge in [-0.2, -0.15) is 5.10 Å². The van der Waals surface area contributed by atoms with E-state index in [9.17, 15) is 15.2 Å². The van der Waals surface area contributed by atoms with Gasteiger partial charge in [-0.25, -0.2) is 4.68 Å². The number of aromatic nitrogens is 2. The van der Waals surface area contributed by atoms with Crippen molar-refractivity contribution in [3.05, 3.63) is 28.3 Å². The highest BCUT2D eigenvalue weighted by Crippen LogP contribution is 2.40. The summed E-state index contributed by atoms with van der Waals surface area (Å²) in [7, 11) is 4.28. The highest BCUT2D eigenvalue weighted by molar-refractivity contribution is 5.71. The van der Waals surface area contributed by atoms with E-state index in [2.05, 4.69) is 5.10 Å². The van der Waals surface area contributed by atoms with Gasteiger partial charge in [0.05, 0.1) is 24.8 Å². The highest BCUT2D eigenvalue weighted by atomic mass is 16.6. The van der Waals surface area contributed by atoms with Crippen molar-refractivity contribution in [2.75, 3.05) is 14.2 Å². The Morgan fingerprint density at radius 1 is 1.30 bits per heavy atom. The Kier molecular flexibility index (Phi) is 3.47. The molecule has 0 unspecified atom stereocenters. The van der Waals surface area contributed by atoms with Crippen LogP contribution in [0.2, 0.25) is 0 Å². The average molecular weight is 279 g/mol. The summed E-state index contributed by atoms with van der Waals surface area (Å²) in [6, 6.07) is 4.29. The number of benzene rings is 1. The molecule has 0 aliphatic rings. The van der Waals surface area contributed by atoms with E-state index in [1.54, 1.807) is 13.1 Å². The predicted octanol–water partition coefficient (Wildman–Crippen LogP) is 1.72. The van der Waals surface area contributed by atoms with Crippen LogP contribution in [0.1, 0.15) is 0 Å². The summed E-state index contributed by atoms with van der Waals surface area (Å²) in [5.41, 5.74) is 0.617. The van der Waals surface area contributed by atoms with Crippen LogP contribution in [0.3, 0.4) is 0 Å². The van der Waals surface area contributed by atoms with Crippen LogP contribution in [0.25, 0.3) is 11.3 Å².